The molecule has 0 spiro atoms. The summed E-state index contributed by atoms with van der Waals surface area (Å²) >= 11 is 0. The highest BCUT2D eigenvalue weighted by Gasteiger charge is 2.31. The van der Waals surface area contributed by atoms with Gasteiger partial charge in [0.1, 0.15) is 0 Å². The van der Waals surface area contributed by atoms with Crippen molar-refractivity contribution in [2.45, 2.75) is 33.0 Å². The Morgan fingerprint density at radius 2 is 1.71 bits per heavy atom. The monoisotopic (exact) mass is 245 g/mol. The third kappa shape index (κ3) is 3.46. The predicted molar refractivity (Wildman–Crippen MR) is 62.4 cm³/mol. The van der Waals surface area contributed by atoms with Crippen molar-refractivity contribution < 1.29 is 13.2 Å². The summed E-state index contributed by atoms with van der Waals surface area (Å²) in [5, 5.41) is 0. The highest BCUT2D eigenvalue weighted by Crippen LogP contribution is 2.32. The van der Waals surface area contributed by atoms with Crippen LogP contribution in [0.5, 0.6) is 0 Å². The Morgan fingerprint density at radius 1 is 1.12 bits per heavy atom. The molecule has 1 rings (SSSR count). The van der Waals surface area contributed by atoms with E-state index < -0.39 is 11.7 Å². The summed E-state index contributed by atoms with van der Waals surface area (Å²) in [5.41, 5.74) is 5.89. The first-order valence-electron chi connectivity index (χ1n) is 5.66. The molecule has 2 atom stereocenters. The minimum Gasteiger partial charge on any atom is -0.324 e. The maximum Gasteiger partial charge on any atom is 0.416 e. The first-order chi connectivity index (χ1) is 7.73. The molecule has 0 aliphatic rings. The molecule has 0 aromatic heterocycles. The molecule has 0 bridgehead atoms. The van der Waals surface area contributed by atoms with Crippen molar-refractivity contribution in [3.63, 3.8) is 0 Å². The molecule has 0 radical (unpaired) electrons. The molecule has 96 valence electrons. The van der Waals surface area contributed by atoms with Gasteiger partial charge in [0.05, 0.1) is 5.56 Å². The summed E-state index contributed by atoms with van der Waals surface area (Å²) < 4.78 is 37.7. The van der Waals surface area contributed by atoms with Crippen LogP contribution in [-0.2, 0) is 6.18 Å². The highest BCUT2D eigenvalue weighted by molar-refractivity contribution is 5.28. The van der Waals surface area contributed by atoms with E-state index in [-0.39, 0.29) is 12.0 Å². The molecule has 0 fully saturated rings. The number of alkyl halides is 3. The summed E-state index contributed by atoms with van der Waals surface area (Å²) in [4.78, 5) is 0. The van der Waals surface area contributed by atoms with E-state index in [0.717, 1.165) is 12.1 Å². The molecule has 0 saturated carbocycles. The van der Waals surface area contributed by atoms with E-state index in [1.165, 1.54) is 6.07 Å². The molecule has 1 aromatic carbocycles. The molecule has 0 amide bonds. The molecule has 1 nitrogen and oxygen atoms in total. The first-order valence-corrected chi connectivity index (χ1v) is 5.66. The lowest BCUT2D eigenvalue weighted by molar-refractivity contribution is -0.137. The Bertz CT molecular complexity index is 371. The minimum absolute atomic E-state index is 0.137. The highest BCUT2D eigenvalue weighted by atomic mass is 19.4. The van der Waals surface area contributed by atoms with Crippen molar-refractivity contribution in [2.75, 3.05) is 0 Å². The molecule has 1 aromatic rings. The van der Waals surface area contributed by atoms with Gasteiger partial charge in [-0.3, -0.25) is 0 Å². The third-order valence-corrected chi connectivity index (χ3v) is 3.22. The zero-order chi connectivity index (χ0) is 13.2. The van der Waals surface area contributed by atoms with Crippen molar-refractivity contribution >= 4 is 0 Å². The van der Waals surface area contributed by atoms with E-state index in [9.17, 15) is 13.2 Å². The lowest BCUT2D eigenvalue weighted by Crippen LogP contribution is -2.23. The quantitative estimate of drug-likeness (QED) is 0.855. The van der Waals surface area contributed by atoms with Crippen molar-refractivity contribution in [1.82, 2.24) is 0 Å². The van der Waals surface area contributed by atoms with Crippen LogP contribution in [0.3, 0.4) is 0 Å². The average Bonchev–Trinajstić information content (AvgIpc) is 2.26. The molecule has 17 heavy (non-hydrogen) atoms. The summed E-state index contributed by atoms with van der Waals surface area (Å²) in [5.74, 6) is 0.470. The number of benzene rings is 1. The average molecular weight is 245 g/mol. The van der Waals surface area contributed by atoms with Gasteiger partial charge in [-0.1, -0.05) is 32.9 Å². The number of nitrogens with two attached hydrogens (primary N) is 1. The van der Waals surface area contributed by atoms with Crippen LogP contribution in [-0.4, -0.2) is 0 Å². The fourth-order valence-electron chi connectivity index (χ4n) is 1.64. The van der Waals surface area contributed by atoms with Crippen molar-refractivity contribution in [1.29, 1.82) is 0 Å². The van der Waals surface area contributed by atoms with E-state index in [2.05, 4.69) is 0 Å². The molecule has 0 aliphatic heterocycles. The molecule has 0 heterocycles. The summed E-state index contributed by atoms with van der Waals surface area (Å²) in [6, 6.07) is 4.90. The lowest BCUT2D eigenvalue weighted by Gasteiger charge is -2.24. The lowest BCUT2D eigenvalue weighted by atomic mass is 9.86. The zero-order valence-electron chi connectivity index (χ0n) is 10.3. The van der Waals surface area contributed by atoms with Gasteiger partial charge in [-0.05, 0) is 29.5 Å². The van der Waals surface area contributed by atoms with Gasteiger partial charge in [0.2, 0.25) is 0 Å². The van der Waals surface area contributed by atoms with Crippen molar-refractivity contribution in [3.8, 4) is 0 Å². The van der Waals surface area contributed by atoms with E-state index in [4.69, 9.17) is 5.73 Å². The topological polar surface area (TPSA) is 26.0 Å². The molecular formula is C13H18F3N. The van der Waals surface area contributed by atoms with Crippen LogP contribution in [0, 0.1) is 11.8 Å². The number of rotatable bonds is 3. The Morgan fingerprint density at radius 3 is 2.18 bits per heavy atom. The van der Waals surface area contributed by atoms with Crippen LogP contribution in [0.15, 0.2) is 24.3 Å². The first kappa shape index (κ1) is 14.0. The van der Waals surface area contributed by atoms with Gasteiger partial charge in [-0.15, -0.1) is 0 Å². The SMILES string of the molecule is CC(C)C(C)C(N)c1cccc(C(F)(F)F)c1. The molecule has 0 aliphatic carbocycles. The van der Waals surface area contributed by atoms with Crippen LogP contribution in [0.1, 0.15) is 37.9 Å². The molecule has 2 unspecified atom stereocenters. The number of hydrogen-bond donors (Lipinski definition) is 1. The number of hydrogen-bond acceptors (Lipinski definition) is 1. The third-order valence-electron chi connectivity index (χ3n) is 3.22. The second-order valence-corrected chi connectivity index (χ2v) is 4.75. The van der Waals surface area contributed by atoms with Gasteiger partial charge in [0.15, 0.2) is 0 Å². The van der Waals surface area contributed by atoms with Crippen LogP contribution in [0.25, 0.3) is 0 Å². The van der Waals surface area contributed by atoms with Gasteiger partial charge in [-0.25, -0.2) is 0 Å². The van der Waals surface area contributed by atoms with E-state index in [1.54, 1.807) is 6.07 Å². The normalized spacial score (nSPS) is 16.0. The van der Waals surface area contributed by atoms with Crippen molar-refractivity contribution in [2.24, 2.45) is 17.6 Å². The van der Waals surface area contributed by atoms with E-state index >= 15 is 0 Å². The Hall–Kier alpha value is -1.03. The molecule has 4 heteroatoms. The second-order valence-electron chi connectivity index (χ2n) is 4.75. The summed E-state index contributed by atoms with van der Waals surface area (Å²) in [6.45, 7) is 5.98. The van der Waals surface area contributed by atoms with Gasteiger partial charge in [-0.2, -0.15) is 13.2 Å². The van der Waals surface area contributed by atoms with Gasteiger partial charge in [0, 0.05) is 6.04 Å². The van der Waals surface area contributed by atoms with Crippen LogP contribution < -0.4 is 5.73 Å². The fraction of sp³-hybridized carbons (Fsp3) is 0.538. The Kier molecular flexibility index (Phi) is 4.20. The Labute approximate surface area is 99.8 Å². The van der Waals surface area contributed by atoms with Gasteiger partial charge >= 0.3 is 6.18 Å². The largest absolute Gasteiger partial charge is 0.416 e. The van der Waals surface area contributed by atoms with Gasteiger partial charge < -0.3 is 5.73 Å². The van der Waals surface area contributed by atoms with E-state index in [0.29, 0.717) is 11.5 Å². The Balaban J connectivity index is 3.00. The maximum absolute atomic E-state index is 12.6. The molecule has 0 saturated heterocycles. The van der Waals surface area contributed by atoms with Gasteiger partial charge in [0.25, 0.3) is 0 Å². The standard InChI is InChI=1S/C13H18F3N/c1-8(2)9(3)12(17)10-5-4-6-11(7-10)13(14,15)16/h4-9,12H,17H2,1-3H3. The predicted octanol–water partition coefficient (Wildman–Crippen LogP) is 4.00. The fourth-order valence-corrected chi connectivity index (χ4v) is 1.64. The summed E-state index contributed by atoms with van der Waals surface area (Å²) in [6.07, 6.45) is -4.31. The second kappa shape index (κ2) is 5.08. The smallest absolute Gasteiger partial charge is 0.324 e. The van der Waals surface area contributed by atoms with Crippen molar-refractivity contribution in [3.05, 3.63) is 35.4 Å². The molecular weight excluding hydrogens is 227 g/mol. The number of halogens is 3. The molecule has 2 N–H and O–H groups in total. The zero-order valence-corrected chi connectivity index (χ0v) is 10.3. The van der Waals surface area contributed by atoms with E-state index in [1.807, 2.05) is 20.8 Å². The van der Waals surface area contributed by atoms with Crippen LogP contribution in [0.2, 0.25) is 0 Å². The van der Waals surface area contributed by atoms with Crippen LogP contribution >= 0.6 is 0 Å². The maximum atomic E-state index is 12.6. The summed E-state index contributed by atoms with van der Waals surface area (Å²) in [7, 11) is 0. The van der Waals surface area contributed by atoms with Crippen LogP contribution in [0.4, 0.5) is 13.2 Å². The minimum atomic E-state index is -4.31.